The Hall–Kier alpha value is -6.74. The molecule has 13 N–H and O–H groups in total. The molecule has 460 valence electrons. The molecule has 0 unspecified atom stereocenters. The summed E-state index contributed by atoms with van der Waals surface area (Å²) >= 11 is 0. The van der Waals surface area contributed by atoms with Crippen LogP contribution in [0.2, 0.25) is 0 Å². The fourth-order valence-corrected chi connectivity index (χ4v) is 9.74. The topological polar surface area (TPSA) is 353 Å². The number of hydrogen-bond donors (Lipinski definition) is 12. The van der Waals surface area contributed by atoms with Crippen molar-refractivity contribution >= 4 is 46.2 Å². The number of phenols is 3. The molecule has 5 heterocycles. The fraction of sp³-hybridized carbons (Fsp3) is 0.559. The van der Waals surface area contributed by atoms with Crippen LogP contribution in [-0.4, -0.2) is 189 Å². The summed E-state index contributed by atoms with van der Waals surface area (Å²) in [6.45, 7) is 21.2. The number of likely N-dealkylation sites (N-methyl/N-ethyl adjacent to an activating group) is 1. The van der Waals surface area contributed by atoms with Gasteiger partial charge >= 0.3 is 11.8 Å². The van der Waals surface area contributed by atoms with Crippen molar-refractivity contribution in [2.75, 3.05) is 72.0 Å². The minimum Gasteiger partial charge on any atom is -0.507 e. The van der Waals surface area contributed by atoms with Gasteiger partial charge in [-0.25, -0.2) is 5.84 Å². The second-order valence-corrected chi connectivity index (χ2v) is 21.3. The normalized spacial score (nSPS) is 26.5. The maximum Gasteiger partial charge on any atom is 0.312 e. The van der Waals surface area contributed by atoms with E-state index in [2.05, 4.69) is 30.9 Å². The lowest BCUT2D eigenvalue weighted by atomic mass is 9.78. The highest BCUT2D eigenvalue weighted by molar-refractivity contribution is 6.24. The molecule has 83 heavy (non-hydrogen) atoms. The van der Waals surface area contributed by atoms with Crippen molar-refractivity contribution in [3.63, 3.8) is 0 Å². The van der Waals surface area contributed by atoms with Gasteiger partial charge in [0.1, 0.15) is 23.4 Å². The van der Waals surface area contributed by atoms with Gasteiger partial charge < -0.3 is 75.5 Å². The van der Waals surface area contributed by atoms with Crippen molar-refractivity contribution in [2.45, 2.75) is 124 Å². The molecule has 5 bridgehead atoms. The van der Waals surface area contributed by atoms with Crippen LogP contribution in [0.15, 0.2) is 65.8 Å². The zero-order valence-electron chi connectivity index (χ0n) is 49.9. The molecule has 0 saturated carbocycles. The number of nitrogen functional groups attached to an aromatic ring is 1. The molecule has 24 heteroatoms. The number of benzene rings is 2. The van der Waals surface area contributed by atoms with Crippen LogP contribution in [0.25, 0.3) is 10.8 Å². The van der Waals surface area contributed by atoms with Crippen LogP contribution in [0.1, 0.15) is 107 Å². The zero-order valence-corrected chi connectivity index (χ0v) is 49.9. The van der Waals surface area contributed by atoms with E-state index in [1.165, 1.54) is 71.8 Å². The van der Waals surface area contributed by atoms with Gasteiger partial charge in [-0.3, -0.25) is 34.6 Å². The van der Waals surface area contributed by atoms with Gasteiger partial charge in [0.2, 0.25) is 0 Å². The summed E-state index contributed by atoms with van der Waals surface area (Å²) < 4.78 is 23.6. The Morgan fingerprint density at radius 1 is 0.904 bits per heavy atom. The number of aromatic hydroxyl groups is 3. The number of ketones is 1. The van der Waals surface area contributed by atoms with Crippen LogP contribution in [0.5, 0.6) is 23.0 Å². The summed E-state index contributed by atoms with van der Waals surface area (Å²) in [4.78, 5) is 57.1. The zero-order chi connectivity index (χ0) is 61.9. The average molecular weight is 1160 g/mol. The Morgan fingerprint density at radius 3 is 2.05 bits per heavy atom. The molecule has 0 radical (unpaired) electrons. The van der Waals surface area contributed by atoms with E-state index in [0.29, 0.717) is 18.7 Å². The number of carbonyl (C=O) groups excluding carboxylic acids is 4. The number of Topliss-reactive ketones (excluding diaryl/α,β-unsaturated/α-hetero) is 1. The number of hydrogen-bond acceptors (Lipinski definition) is 22. The summed E-state index contributed by atoms with van der Waals surface area (Å²) in [5, 5.41) is 91.1. The molecule has 24 nitrogen and oxygen atoms in total. The molecule has 7 rings (SSSR count). The third-order valence-corrected chi connectivity index (χ3v) is 15.4. The van der Waals surface area contributed by atoms with Crippen LogP contribution in [-0.2, 0) is 23.8 Å². The first-order valence-corrected chi connectivity index (χ1v) is 28.0. The van der Waals surface area contributed by atoms with E-state index >= 15 is 0 Å². The summed E-state index contributed by atoms with van der Waals surface area (Å²) in [6, 6.07) is 3.57. The molecule has 11 atom stereocenters. The number of nitrogens with one attached hydrogen (secondary N) is 4. The third kappa shape index (κ3) is 17.7. The molecule has 0 spiro atoms. The number of nitrogens with two attached hydrogens (primary N) is 1. The molecule has 0 aliphatic carbocycles. The number of piperazine rings is 1. The van der Waals surface area contributed by atoms with E-state index in [1.807, 2.05) is 26.3 Å². The first-order chi connectivity index (χ1) is 39.4. The van der Waals surface area contributed by atoms with Crippen LogP contribution >= 0.6 is 0 Å². The number of aliphatic hydroxyl groups is 4. The Kier molecular flexibility index (Phi) is 26.8. The summed E-state index contributed by atoms with van der Waals surface area (Å²) in [6.07, 6.45) is 9.80. The molecule has 4 aliphatic rings. The van der Waals surface area contributed by atoms with Crippen molar-refractivity contribution in [3.05, 3.63) is 82.9 Å². The number of pyridine rings is 1. The lowest BCUT2D eigenvalue weighted by Crippen LogP contribution is -2.46. The number of anilines is 1. The van der Waals surface area contributed by atoms with E-state index < -0.39 is 88.8 Å². The predicted molar refractivity (Wildman–Crippen MR) is 315 cm³/mol. The summed E-state index contributed by atoms with van der Waals surface area (Å²) in [5.41, 5.74) is 2.18. The van der Waals surface area contributed by atoms with E-state index in [0.717, 1.165) is 39.0 Å². The van der Waals surface area contributed by atoms with E-state index in [9.17, 15) is 44.7 Å². The van der Waals surface area contributed by atoms with Crippen molar-refractivity contribution < 1.29 is 73.9 Å². The smallest absolute Gasteiger partial charge is 0.312 e. The van der Waals surface area contributed by atoms with Crippen LogP contribution in [0, 0.1) is 30.6 Å². The monoisotopic (exact) mass is 1160 g/mol. The summed E-state index contributed by atoms with van der Waals surface area (Å²) in [7, 11) is 3.42. The van der Waals surface area contributed by atoms with Gasteiger partial charge in [-0.05, 0) is 51.9 Å². The van der Waals surface area contributed by atoms with Crippen molar-refractivity contribution in [1.29, 1.82) is 0 Å². The quantitative estimate of drug-likeness (QED) is 0.0160. The molecule has 2 amide bonds. The number of allylic oxidation sites excluding steroid dienone is 2. The van der Waals surface area contributed by atoms with Crippen LogP contribution in [0.4, 0.5) is 5.69 Å². The Balaban J connectivity index is 0.000000507. The lowest BCUT2D eigenvalue weighted by molar-refractivity contribution is -0.160. The van der Waals surface area contributed by atoms with Gasteiger partial charge in [-0.1, -0.05) is 59.8 Å². The predicted octanol–water partition coefficient (Wildman–Crippen LogP) is 3.73. The first-order valence-electron chi connectivity index (χ1n) is 28.0. The van der Waals surface area contributed by atoms with Gasteiger partial charge in [-0.2, -0.15) is 5.10 Å². The minimum atomic E-state index is -2.04. The number of nitrogens with zero attached hydrogens (tertiary/aromatic N) is 4. The number of rotatable bonds is 14. The number of amides is 2. The Bertz CT molecular complexity index is 2750. The number of carbonyl (C=O) groups is 4. The highest BCUT2D eigenvalue weighted by Gasteiger charge is 2.50. The van der Waals surface area contributed by atoms with E-state index in [4.69, 9.17) is 35.0 Å². The second kappa shape index (κ2) is 32.4. The lowest BCUT2D eigenvalue weighted by Gasteiger charge is -2.38. The number of hydrazone groups is 1. The number of phenolic OH excluding ortho intramolecular Hbond substituents is 3. The van der Waals surface area contributed by atoms with Crippen molar-refractivity contribution in [1.82, 2.24) is 31.0 Å². The SMILES string of the molecule is CC[C@@H](CO)NCCN[C@@H](CC)CO.CO[C@H]1/C=C/O[C@@]2(C)Oc3c(C)c(O)c4c(O)c(c(/C=N/N5CCN(C)CC5)c(O)c4c3C2=O)NC(=O)/C(C)=C\C=C\[C@H](C)[C@H](O)[C@@H](C)[C@@H](O)[C@@H](C)[C@H](OC(C)=O)[C@@H]1C.NNC(=O)c1ccncc1. The molecular weight excluding hydrogens is 1070 g/mol. The largest absolute Gasteiger partial charge is 0.507 e. The molecule has 1 fully saturated rings. The second-order valence-electron chi connectivity index (χ2n) is 21.3. The van der Waals surface area contributed by atoms with Gasteiger partial charge in [0, 0.05) is 130 Å². The first kappa shape index (κ1) is 68.8. The number of hydrazine groups is 1. The minimum absolute atomic E-state index is 0.0559. The third-order valence-electron chi connectivity index (χ3n) is 15.4. The highest BCUT2D eigenvalue weighted by Crippen LogP contribution is 2.55. The number of esters is 1. The van der Waals surface area contributed by atoms with Gasteiger partial charge in [0.25, 0.3) is 17.6 Å². The Labute approximate surface area is 486 Å². The molecule has 1 saturated heterocycles. The molecule has 2 aromatic carbocycles. The van der Waals surface area contributed by atoms with Gasteiger partial charge in [0.05, 0.1) is 66.2 Å². The number of ether oxygens (including phenoxy) is 4. The standard InChI is InChI=1S/C43H58N4O12.C10H24N2O2.C6H7N3O/c1-21-12-11-13-22(2)42(55)45-33-28(20-44-47-17-15-46(9)16-18-47)37(52)30-31(38(33)53)36(51)26(6)40-32(30)41(54)43(8,59-40)57-19-14-29(56-10)23(3)39(58-27(7)48)25(5)35(50)24(4)34(21)49;1-3-9(7-13)11-5-6-12-10(4-2)8-14;7-9-6(10)5-1-3-8-4-2-5/h11-14,19-21,23-25,29,34-35,39,49-53H,15-18H2,1-10H3,(H,45,55);9-14H,3-8H2,1-2H3;1-4H,7H2,(H,9,10)/b12-11+,19-14+,22-13-,44-20+;;/t21-,23+,24+,25+,29-,34-,35+,39+,43-;9-,10-;/m00./s1. The molecular formula is C59H89N9O15. The number of aliphatic hydroxyl groups excluding tert-OH is 4. The van der Waals surface area contributed by atoms with Gasteiger partial charge in [0.15, 0.2) is 5.75 Å². The Morgan fingerprint density at radius 2 is 1.51 bits per heavy atom. The molecule has 3 aromatic rings. The van der Waals surface area contributed by atoms with Crippen LogP contribution in [0.3, 0.4) is 0 Å². The van der Waals surface area contributed by atoms with Crippen LogP contribution < -0.4 is 32.0 Å². The van der Waals surface area contributed by atoms with E-state index in [-0.39, 0.29) is 75.7 Å². The number of fused-ring (bicyclic) bond motifs is 14. The molecule has 4 aliphatic heterocycles. The molecule has 1 aromatic heterocycles. The van der Waals surface area contributed by atoms with Crippen molar-refractivity contribution in [3.8, 4) is 23.0 Å². The average Bonchev–Trinajstić information content (AvgIpc) is 2.93. The van der Waals surface area contributed by atoms with Crippen molar-refractivity contribution in [2.24, 2.45) is 34.6 Å². The number of methoxy groups -OCH3 is 1. The fourth-order valence-electron chi connectivity index (χ4n) is 9.74. The highest BCUT2D eigenvalue weighted by atomic mass is 16.7. The van der Waals surface area contributed by atoms with E-state index in [1.54, 1.807) is 57.0 Å². The van der Waals surface area contributed by atoms with Gasteiger partial charge in [-0.15, -0.1) is 0 Å². The maximum absolute atomic E-state index is 14.4. The number of aromatic nitrogens is 1. The maximum atomic E-state index is 14.4. The summed E-state index contributed by atoms with van der Waals surface area (Å²) in [5.74, 6) is -3.76.